The summed E-state index contributed by atoms with van der Waals surface area (Å²) in [4.78, 5) is 56.6. The van der Waals surface area contributed by atoms with Gasteiger partial charge in [0.05, 0.1) is 25.9 Å². The molecule has 0 amide bonds. The molecule has 0 radical (unpaired) electrons. The molecule has 3 fully saturated rings. The van der Waals surface area contributed by atoms with Crippen molar-refractivity contribution >= 4 is 52.6 Å². The topological polar surface area (TPSA) is 255 Å². The summed E-state index contributed by atoms with van der Waals surface area (Å²) in [5, 5.41) is 9.68. The molecule has 230 valence electrons. The van der Waals surface area contributed by atoms with Crippen LogP contribution in [0.2, 0.25) is 0 Å². The van der Waals surface area contributed by atoms with Gasteiger partial charge in [-0.2, -0.15) is 4.98 Å². The number of hydrogen-bond donors (Lipinski definition) is 5. The third-order valence-corrected chi connectivity index (χ3v) is 8.98. The number of aliphatic hydroxyl groups is 1. The van der Waals surface area contributed by atoms with Crippen molar-refractivity contribution in [2.45, 2.75) is 55.6 Å². The van der Waals surface area contributed by atoms with Crippen LogP contribution in [-0.4, -0.2) is 98.4 Å². The number of aliphatic hydroxyl groups excluding tert-OH is 1. The van der Waals surface area contributed by atoms with Crippen LogP contribution in [0.5, 0.6) is 0 Å². The van der Waals surface area contributed by atoms with Gasteiger partial charge in [-0.05, 0) is 18.7 Å². The summed E-state index contributed by atoms with van der Waals surface area (Å²) in [6.45, 7) is -3.65. The van der Waals surface area contributed by atoms with E-state index in [1.54, 1.807) is 11.5 Å². The van der Waals surface area contributed by atoms with Gasteiger partial charge >= 0.3 is 6.72 Å². The number of H-pyrrole nitrogens is 1. The van der Waals surface area contributed by atoms with Crippen LogP contribution in [0, 0.1) is 0 Å². The number of rotatable bonds is 8. The highest BCUT2D eigenvalue weighted by molar-refractivity contribution is 8.07. The number of aromatic amines is 1. The quantitative estimate of drug-likeness (QED) is 0.114. The summed E-state index contributed by atoms with van der Waals surface area (Å²) in [6, 6.07) is 0. The second-order valence-corrected chi connectivity index (χ2v) is 13.1. The Bertz CT molecular complexity index is 1820. The Balaban J connectivity index is 1.11. The van der Waals surface area contributed by atoms with Gasteiger partial charge in [-0.3, -0.25) is 23.4 Å². The number of nitrogens with zero attached hydrogens (tertiary/aromatic N) is 7. The van der Waals surface area contributed by atoms with Gasteiger partial charge in [0.2, 0.25) is 5.95 Å². The van der Waals surface area contributed by atoms with Gasteiger partial charge < -0.3 is 35.5 Å². The predicted molar refractivity (Wildman–Crippen MR) is 144 cm³/mol. The van der Waals surface area contributed by atoms with Crippen LogP contribution in [0.25, 0.3) is 22.3 Å². The van der Waals surface area contributed by atoms with E-state index in [2.05, 4.69) is 29.9 Å². The third kappa shape index (κ3) is 4.60. The van der Waals surface area contributed by atoms with E-state index in [-0.39, 0.29) is 29.5 Å². The van der Waals surface area contributed by atoms with Crippen LogP contribution in [0.1, 0.15) is 19.4 Å². The minimum Gasteiger partial charge on any atom is -0.394 e. The maximum Gasteiger partial charge on any atom is 0.325 e. The zero-order chi connectivity index (χ0) is 30.3. The number of aromatic nitrogens is 8. The molecule has 3 aliphatic rings. The summed E-state index contributed by atoms with van der Waals surface area (Å²) in [5.41, 5.74) is 10.3. The molecule has 0 saturated carbocycles. The largest absolute Gasteiger partial charge is 0.394 e. The van der Waals surface area contributed by atoms with Crippen molar-refractivity contribution in [3.63, 3.8) is 0 Å². The van der Waals surface area contributed by atoms with E-state index in [0.29, 0.717) is 11.2 Å². The number of alkyl halides is 1. The molecular formula is C21H24FN10O9PS. The van der Waals surface area contributed by atoms with Crippen LogP contribution in [-0.2, 0) is 40.1 Å². The number of anilines is 2. The molecule has 22 heteroatoms. The minimum atomic E-state index is -4.23. The molecule has 9 atom stereocenters. The Morgan fingerprint density at radius 3 is 2.63 bits per heavy atom. The Labute approximate surface area is 244 Å². The molecule has 1 unspecified atom stereocenters. The summed E-state index contributed by atoms with van der Waals surface area (Å²) < 4.78 is 41.4. The lowest BCUT2D eigenvalue weighted by Gasteiger charge is -2.36. The van der Waals surface area contributed by atoms with E-state index in [0.717, 1.165) is 0 Å². The second kappa shape index (κ2) is 10.2. The molecular weight excluding hydrogens is 618 g/mol. The number of hydrogen-bond acceptors (Lipinski definition) is 16. The van der Waals surface area contributed by atoms with E-state index in [4.69, 9.17) is 51.6 Å². The molecule has 19 nitrogen and oxygen atoms in total. The molecule has 7 N–H and O–H groups in total. The molecule has 0 spiro atoms. The molecule has 3 saturated heterocycles. The SMILES string of the molecule is C[C@]1(COP(O)(=S)O[C@@H]2[C@@H](F)[C@@H](CO)O[C@H]2n2cnc3c(=O)[nH]c(N)nc32)O[C@@H](n2cnc3c(N)ncnc32)[C@@H]2OO[C@@H]21. The molecule has 0 bridgehead atoms. The van der Waals surface area contributed by atoms with Crippen LogP contribution in [0.15, 0.2) is 23.8 Å². The number of nitrogens with one attached hydrogen (secondary N) is 1. The van der Waals surface area contributed by atoms with Gasteiger partial charge in [0.25, 0.3) is 5.56 Å². The monoisotopic (exact) mass is 642 g/mol. The predicted octanol–water partition coefficient (Wildman–Crippen LogP) is -1.04. The number of nitrogens with two attached hydrogens (primary N) is 2. The average Bonchev–Trinajstić information content (AvgIpc) is 3.66. The number of halogens is 1. The first-order valence-electron chi connectivity index (χ1n) is 12.7. The van der Waals surface area contributed by atoms with Gasteiger partial charge in [-0.1, -0.05) is 0 Å². The lowest BCUT2D eigenvalue weighted by molar-refractivity contribution is -0.468. The highest BCUT2D eigenvalue weighted by Crippen LogP contribution is 2.53. The molecule has 4 aromatic rings. The summed E-state index contributed by atoms with van der Waals surface area (Å²) in [5.74, 6) is -0.0316. The summed E-state index contributed by atoms with van der Waals surface area (Å²) in [7, 11) is 0. The second-order valence-electron chi connectivity index (χ2n) is 10.3. The first kappa shape index (κ1) is 28.5. The summed E-state index contributed by atoms with van der Waals surface area (Å²) in [6.07, 6.45) is -4.39. The van der Waals surface area contributed by atoms with E-state index in [1.807, 2.05) is 0 Å². The Hall–Kier alpha value is -3.24. The molecule has 4 aromatic heterocycles. The maximum atomic E-state index is 15.4. The molecule has 3 aliphatic heterocycles. The zero-order valence-corrected chi connectivity index (χ0v) is 23.7. The molecule has 0 aromatic carbocycles. The van der Waals surface area contributed by atoms with Crippen molar-refractivity contribution in [2.75, 3.05) is 24.7 Å². The van der Waals surface area contributed by atoms with Crippen molar-refractivity contribution < 1.29 is 42.7 Å². The van der Waals surface area contributed by atoms with Crippen molar-refractivity contribution in [1.29, 1.82) is 0 Å². The van der Waals surface area contributed by atoms with Gasteiger partial charge in [0.1, 0.15) is 29.7 Å². The van der Waals surface area contributed by atoms with Crippen LogP contribution in [0.3, 0.4) is 0 Å². The number of imidazole rings is 2. The lowest BCUT2D eigenvalue weighted by Crippen LogP contribution is -2.53. The lowest BCUT2D eigenvalue weighted by atomic mass is 9.97. The Kier molecular flexibility index (Phi) is 6.74. The zero-order valence-electron chi connectivity index (χ0n) is 22.0. The molecule has 0 aliphatic carbocycles. The minimum absolute atomic E-state index is 0.0389. The Morgan fingerprint density at radius 1 is 1.16 bits per heavy atom. The van der Waals surface area contributed by atoms with Crippen LogP contribution < -0.4 is 17.0 Å². The van der Waals surface area contributed by atoms with Gasteiger partial charge in [-0.15, -0.1) is 0 Å². The van der Waals surface area contributed by atoms with Gasteiger partial charge in [-0.25, -0.2) is 34.1 Å². The summed E-state index contributed by atoms with van der Waals surface area (Å²) >= 11 is 5.23. The maximum absolute atomic E-state index is 15.4. The molecule has 43 heavy (non-hydrogen) atoms. The van der Waals surface area contributed by atoms with E-state index in [9.17, 15) is 14.8 Å². The highest BCUT2D eigenvalue weighted by atomic mass is 32.5. The Morgan fingerprint density at radius 2 is 1.91 bits per heavy atom. The number of fused-ring (bicyclic) bond motifs is 3. The van der Waals surface area contributed by atoms with Crippen LogP contribution >= 0.6 is 6.72 Å². The van der Waals surface area contributed by atoms with Crippen molar-refractivity contribution in [3.05, 3.63) is 29.3 Å². The standard InChI is InChI=1S/C21H24FN10O9PS/c1-21(13-12(39-40-13)19(38-21)31-5-27-9-14(23)25-4-26-15(9)31)3-36-42(35,43)41-11-8(22)7(2-33)37-18(11)32-6-28-10-16(32)29-20(24)30-17(10)34/h4-8,11-13,18-19,33H,2-3H2,1H3,(H,35,43)(H2,23,25,26)(H3,24,29,30,34)/t7-,8+,11-,12-,13+,18-,19-,21-,42?/m1/s1. The first-order valence-corrected chi connectivity index (χ1v) is 15.3. The smallest absolute Gasteiger partial charge is 0.325 e. The number of ether oxygens (including phenoxy) is 2. The van der Waals surface area contributed by atoms with Crippen molar-refractivity contribution in [1.82, 2.24) is 39.0 Å². The van der Waals surface area contributed by atoms with Crippen LogP contribution in [0.4, 0.5) is 16.2 Å². The van der Waals surface area contributed by atoms with E-state index >= 15 is 4.39 Å². The van der Waals surface area contributed by atoms with Gasteiger partial charge in [0, 0.05) is 0 Å². The average molecular weight is 643 g/mol. The van der Waals surface area contributed by atoms with Gasteiger partial charge in [0.15, 0.2) is 53.5 Å². The fraction of sp³-hybridized carbons (Fsp3) is 0.524. The van der Waals surface area contributed by atoms with Crippen molar-refractivity contribution in [3.8, 4) is 0 Å². The van der Waals surface area contributed by atoms with E-state index < -0.39 is 67.5 Å². The normalized spacial score (nSPS) is 33.5. The fourth-order valence-corrected chi connectivity index (χ4v) is 6.79. The fourth-order valence-electron chi connectivity index (χ4n) is 5.32. The number of nitrogen functional groups attached to an aromatic ring is 2. The third-order valence-electron chi connectivity index (χ3n) is 7.44. The first-order chi connectivity index (χ1) is 20.5. The molecule has 7 rings (SSSR count). The van der Waals surface area contributed by atoms with Crippen molar-refractivity contribution in [2.24, 2.45) is 0 Å². The molecule has 7 heterocycles. The van der Waals surface area contributed by atoms with E-state index in [1.165, 1.54) is 23.5 Å². The highest BCUT2D eigenvalue weighted by Gasteiger charge is 2.62.